The van der Waals surface area contributed by atoms with Gasteiger partial charge in [-0.25, -0.2) is 4.79 Å². The van der Waals surface area contributed by atoms with Gasteiger partial charge in [-0.1, -0.05) is 0 Å². The molecular weight excluding hydrogens is 346 g/mol. The van der Waals surface area contributed by atoms with Crippen molar-refractivity contribution in [3.05, 3.63) is 39.7 Å². The number of nitrogens with one attached hydrogen (secondary N) is 1. The first-order valence-electron chi connectivity index (χ1n) is 7.58. The fourth-order valence-corrected chi connectivity index (χ4v) is 2.95. The Morgan fingerprint density at radius 3 is 2.76 bits per heavy atom. The number of rotatable bonds is 7. The lowest BCUT2D eigenvalue weighted by atomic mass is 10.0. The minimum atomic E-state index is -1.36. The van der Waals surface area contributed by atoms with E-state index in [2.05, 4.69) is 5.32 Å². The van der Waals surface area contributed by atoms with Crippen LogP contribution in [-0.2, 0) is 16.0 Å². The highest BCUT2D eigenvalue weighted by atomic mass is 32.2. The van der Waals surface area contributed by atoms with Crippen molar-refractivity contribution >= 4 is 34.6 Å². The summed E-state index contributed by atoms with van der Waals surface area (Å²) in [5.74, 6) is -1.44. The molecule has 1 amide bonds. The SMILES string of the molecule is CSCC[C@H](NC(=O)Cc1c(C)c2ccc(O)cc2oc1=O)C(=O)[O-]. The zero-order chi connectivity index (χ0) is 18.6. The van der Waals surface area contributed by atoms with Gasteiger partial charge < -0.3 is 24.7 Å². The smallest absolute Gasteiger partial charge is 0.340 e. The number of carbonyl (C=O) groups is 2. The van der Waals surface area contributed by atoms with Crippen LogP contribution in [0.2, 0.25) is 0 Å². The predicted octanol–water partition coefficient (Wildman–Crippen LogP) is 0.337. The first-order valence-corrected chi connectivity index (χ1v) is 8.97. The highest BCUT2D eigenvalue weighted by Gasteiger charge is 2.18. The van der Waals surface area contributed by atoms with E-state index in [1.807, 2.05) is 6.26 Å². The maximum absolute atomic E-state index is 12.2. The first-order chi connectivity index (χ1) is 11.8. The Labute approximate surface area is 148 Å². The van der Waals surface area contributed by atoms with E-state index in [1.54, 1.807) is 13.0 Å². The van der Waals surface area contributed by atoms with Gasteiger partial charge in [0.25, 0.3) is 0 Å². The number of amides is 1. The maximum Gasteiger partial charge on any atom is 0.340 e. The lowest BCUT2D eigenvalue weighted by Gasteiger charge is -2.19. The summed E-state index contributed by atoms with van der Waals surface area (Å²) < 4.78 is 5.15. The minimum absolute atomic E-state index is 0.0360. The Morgan fingerprint density at radius 1 is 1.40 bits per heavy atom. The Bertz CT molecular complexity index is 860. The number of hydrogen-bond donors (Lipinski definition) is 2. The topological polar surface area (TPSA) is 120 Å². The third-order valence-corrected chi connectivity index (χ3v) is 4.48. The predicted molar refractivity (Wildman–Crippen MR) is 92.5 cm³/mol. The largest absolute Gasteiger partial charge is 0.548 e. The second-order valence-electron chi connectivity index (χ2n) is 5.57. The minimum Gasteiger partial charge on any atom is -0.548 e. The average molecular weight is 364 g/mol. The first kappa shape index (κ1) is 18.9. The third-order valence-electron chi connectivity index (χ3n) is 3.84. The summed E-state index contributed by atoms with van der Waals surface area (Å²) in [6.45, 7) is 1.67. The molecule has 25 heavy (non-hydrogen) atoms. The fraction of sp³-hybridized carbons (Fsp3) is 0.353. The summed E-state index contributed by atoms with van der Waals surface area (Å²) in [7, 11) is 0. The monoisotopic (exact) mass is 364 g/mol. The summed E-state index contributed by atoms with van der Waals surface area (Å²) >= 11 is 1.46. The molecule has 0 aliphatic carbocycles. The van der Waals surface area contributed by atoms with Crippen molar-refractivity contribution in [2.45, 2.75) is 25.8 Å². The number of hydrogen-bond acceptors (Lipinski definition) is 7. The molecule has 2 rings (SSSR count). The zero-order valence-corrected chi connectivity index (χ0v) is 14.6. The summed E-state index contributed by atoms with van der Waals surface area (Å²) in [5, 5.41) is 23.5. The van der Waals surface area contributed by atoms with Crippen LogP contribution in [-0.4, -0.2) is 35.0 Å². The van der Waals surface area contributed by atoms with Crippen molar-refractivity contribution in [1.82, 2.24) is 5.32 Å². The molecule has 1 heterocycles. The van der Waals surface area contributed by atoms with Crippen LogP contribution in [0.15, 0.2) is 27.4 Å². The van der Waals surface area contributed by atoms with Gasteiger partial charge in [-0.3, -0.25) is 4.79 Å². The molecule has 1 aromatic heterocycles. The molecule has 0 fully saturated rings. The molecule has 0 radical (unpaired) electrons. The molecule has 134 valence electrons. The summed E-state index contributed by atoms with van der Waals surface area (Å²) in [5.41, 5.74) is 0.229. The van der Waals surface area contributed by atoms with E-state index in [9.17, 15) is 24.6 Å². The van der Waals surface area contributed by atoms with Crippen LogP contribution in [0.3, 0.4) is 0 Å². The van der Waals surface area contributed by atoms with Crippen molar-refractivity contribution < 1.29 is 24.2 Å². The Morgan fingerprint density at radius 2 is 2.12 bits per heavy atom. The maximum atomic E-state index is 12.2. The zero-order valence-electron chi connectivity index (χ0n) is 13.8. The third kappa shape index (κ3) is 4.54. The Hall–Kier alpha value is -2.48. The molecule has 1 aromatic carbocycles. The number of carboxylic acids is 1. The molecule has 0 aliphatic rings. The fourth-order valence-electron chi connectivity index (χ4n) is 2.48. The van der Waals surface area contributed by atoms with Gasteiger partial charge in [0.2, 0.25) is 5.91 Å². The van der Waals surface area contributed by atoms with E-state index in [0.29, 0.717) is 16.7 Å². The molecule has 0 saturated carbocycles. The van der Waals surface area contributed by atoms with Crippen molar-refractivity contribution in [2.75, 3.05) is 12.0 Å². The van der Waals surface area contributed by atoms with E-state index in [4.69, 9.17) is 4.42 Å². The number of aryl methyl sites for hydroxylation is 1. The van der Waals surface area contributed by atoms with Crippen LogP contribution in [0.1, 0.15) is 17.5 Å². The molecular formula is C17H18NO6S-. The molecule has 7 nitrogen and oxygen atoms in total. The van der Waals surface area contributed by atoms with Crippen molar-refractivity contribution in [2.24, 2.45) is 0 Å². The van der Waals surface area contributed by atoms with Gasteiger partial charge in [0.05, 0.1) is 24.0 Å². The number of carboxylic acid groups (broad SMARTS) is 1. The standard InChI is InChI=1S/C17H19NO6S/c1-9-11-4-3-10(19)7-14(11)24-17(23)12(9)8-15(20)18-13(16(21)22)5-6-25-2/h3-4,7,13,19H,5-6,8H2,1-2H3,(H,18,20)(H,21,22)/p-1/t13-/m0/s1. The van der Waals surface area contributed by atoms with Crippen LogP contribution in [0.25, 0.3) is 11.0 Å². The molecule has 8 heteroatoms. The van der Waals surface area contributed by atoms with Crippen LogP contribution >= 0.6 is 11.8 Å². The van der Waals surface area contributed by atoms with Gasteiger partial charge >= 0.3 is 5.63 Å². The van der Waals surface area contributed by atoms with Crippen LogP contribution in [0.5, 0.6) is 5.75 Å². The normalized spacial score (nSPS) is 12.1. The number of aromatic hydroxyl groups is 1. The number of phenolic OH excluding ortho intramolecular Hbond substituents is 1. The van der Waals surface area contributed by atoms with Crippen LogP contribution < -0.4 is 16.0 Å². The van der Waals surface area contributed by atoms with Crippen molar-refractivity contribution in [1.29, 1.82) is 0 Å². The number of thioether (sulfide) groups is 1. The van der Waals surface area contributed by atoms with E-state index in [1.165, 1.54) is 23.9 Å². The Kier molecular flexibility index (Phi) is 6.08. The summed E-state index contributed by atoms with van der Waals surface area (Å²) in [6.07, 6.45) is 1.77. The number of carbonyl (C=O) groups excluding carboxylic acids is 2. The molecule has 0 aliphatic heterocycles. The van der Waals surface area contributed by atoms with Gasteiger partial charge in [-0.2, -0.15) is 11.8 Å². The highest BCUT2D eigenvalue weighted by Crippen LogP contribution is 2.23. The van der Waals surface area contributed by atoms with E-state index < -0.39 is 23.5 Å². The van der Waals surface area contributed by atoms with E-state index >= 15 is 0 Å². The number of fused-ring (bicyclic) bond motifs is 1. The van der Waals surface area contributed by atoms with Gasteiger partial charge in [0.15, 0.2) is 0 Å². The molecule has 0 saturated heterocycles. The van der Waals surface area contributed by atoms with Gasteiger partial charge in [0.1, 0.15) is 11.3 Å². The number of aliphatic carboxylic acids is 1. The summed E-state index contributed by atoms with van der Waals surface area (Å²) in [4.78, 5) is 35.4. The van der Waals surface area contributed by atoms with Gasteiger partial charge in [-0.15, -0.1) is 0 Å². The summed E-state index contributed by atoms with van der Waals surface area (Å²) in [6, 6.07) is 3.26. The molecule has 0 spiro atoms. The molecule has 0 bridgehead atoms. The lowest BCUT2D eigenvalue weighted by molar-refractivity contribution is -0.308. The van der Waals surface area contributed by atoms with Crippen molar-refractivity contribution in [3.8, 4) is 5.75 Å². The molecule has 0 unspecified atom stereocenters. The van der Waals surface area contributed by atoms with Gasteiger partial charge in [-0.05, 0) is 43.0 Å². The Balaban J connectivity index is 2.24. The lowest BCUT2D eigenvalue weighted by Crippen LogP contribution is -2.48. The van der Waals surface area contributed by atoms with E-state index in [-0.39, 0.29) is 29.7 Å². The molecule has 2 aromatic rings. The molecule has 1 atom stereocenters. The van der Waals surface area contributed by atoms with Gasteiger partial charge in [0, 0.05) is 11.5 Å². The molecule has 2 N–H and O–H groups in total. The number of phenols is 1. The van der Waals surface area contributed by atoms with E-state index in [0.717, 1.165) is 0 Å². The van der Waals surface area contributed by atoms with Crippen LogP contribution in [0.4, 0.5) is 0 Å². The quantitative estimate of drug-likeness (QED) is 0.680. The second-order valence-corrected chi connectivity index (χ2v) is 6.56. The highest BCUT2D eigenvalue weighted by molar-refractivity contribution is 7.98. The van der Waals surface area contributed by atoms with Crippen LogP contribution in [0, 0.1) is 6.92 Å². The van der Waals surface area contributed by atoms with Crippen molar-refractivity contribution in [3.63, 3.8) is 0 Å². The number of benzene rings is 1. The average Bonchev–Trinajstić information content (AvgIpc) is 2.54. The second kappa shape index (κ2) is 8.06.